The van der Waals surface area contributed by atoms with E-state index in [9.17, 15) is 22.7 Å². The summed E-state index contributed by atoms with van der Waals surface area (Å²) < 4.78 is 77.0. The van der Waals surface area contributed by atoms with Crippen LogP contribution in [0.2, 0.25) is 0 Å². The zero-order chi connectivity index (χ0) is 27.6. The average Bonchev–Trinajstić information content (AvgIpc) is 3.34. The van der Waals surface area contributed by atoms with Crippen LogP contribution >= 0.6 is 0 Å². The first kappa shape index (κ1) is 26.8. The maximum Gasteiger partial charge on any atom is 0.270 e. The fourth-order valence-corrected chi connectivity index (χ4v) is 4.76. The molecule has 0 fully saturated rings. The normalized spacial score (nSPS) is 12.4. The Morgan fingerprint density at radius 1 is 1.16 bits per heavy atom. The summed E-state index contributed by atoms with van der Waals surface area (Å²) in [4.78, 5) is 15.2. The van der Waals surface area contributed by atoms with E-state index in [4.69, 9.17) is 9.84 Å². The van der Waals surface area contributed by atoms with Gasteiger partial charge in [-0.05, 0) is 12.1 Å². The molecule has 5 N–H and O–H groups in total. The molecular formula is C23H20F3N5O6S. The van der Waals surface area contributed by atoms with Gasteiger partial charge in [0.15, 0.2) is 16.5 Å². The molecule has 0 aliphatic rings. The molecule has 0 bridgehead atoms. The number of anilines is 1. The van der Waals surface area contributed by atoms with Gasteiger partial charge >= 0.3 is 0 Å². The Labute approximate surface area is 213 Å². The first-order chi connectivity index (χ1) is 18.1. The number of aliphatic hydroxyl groups excluding tert-OH is 2. The van der Waals surface area contributed by atoms with Gasteiger partial charge in [-0.1, -0.05) is 18.2 Å². The van der Waals surface area contributed by atoms with Crippen molar-refractivity contribution in [2.45, 2.75) is 11.0 Å². The third-order valence-electron chi connectivity index (χ3n) is 5.40. The van der Waals surface area contributed by atoms with Gasteiger partial charge in [0.25, 0.3) is 15.9 Å². The molecule has 1 atom stereocenters. The molecule has 2 heterocycles. The van der Waals surface area contributed by atoms with Gasteiger partial charge in [-0.3, -0.25) is 14.6 Å². The van der Waals surface area contributed by atoms with E-state index < -0.39 is 62.6 Å². The number of nitrogens with zero attached hydrogens (tertiary/aromatic N) is 2. The molecule has 4 aromatic rings. The largest absolute Gasteiger partial charge is 0.480 e. The van der Waals surface area contributed by atoms with Crippen molar-refractivity contribution in [1.29, 1.82) is 0 Å². The smallest absolute Gasteiger partial charge is 0.270 e. The summed E-state index contributed by atoms with van der Waals surface area (Å²) in [6, 6.07) is 6.72. The molecule has 4 rings (SSSR count). The van der Waals surface area contributed by atoms with Crippen LogP contribution < -0.4 is 14.8 Å². The number of halogens is 3. The number of amides is 1. The molecule has 200 valence electrons. The SMILES string of the molecule is COc1ncc(F)cc1S(=O)(=O)Nc1cccc(-c2ccc3c(C(=O)NC[C@H](O)CO)[nH]nc3c2F)c1F. The van der Waals surface area contributed by atoms with Gasteiger partial charge in [0.05, 0.1) is 31.7 Å². The number of carbonyl (C=O) groups excluding carboxylic acids is 1. The summed E-state index contributed by atoms with van der Waals surface area (Å²) in [5, 5.41) is 26.8. The molecule has 0 saturated heterocycles. The maximum absolute atomic E-state index is 15.4. The van der Waals surface area contributed by atoms with Crippen LogP contribution in [-0.4, -0.2) is 66.1 Å². The number of benzene rings is 2. The number of fused-ring (bicyclic) bond motifs is 1. The van der Waals surface area contributed by atoms with Crippen LogP contribution in [0.3, 0.4) is 0 Å². The Bertz CT molecular complexity index is 1630. The number of rotatable bonds is 9. The Kier molecular flexibility index (Phi) is 7.52. The van der Waals surface area contributed by atoms with Crippen molar-refractivity contribution in [2.24, 2.45) is 0 Å². The summed E-state index contributed by atoms with van der Waals surface area (Å²) in [7, 11) is -3.44. The highest BCUT2D eigenvalue weighted by Crippen LogP contribution is 2.34. The lowest BCUT2D eigenvalue weighted by Crippen LogP contribution is -2.34. The molecule has 11 nitrogen and oxygen atoms in total. The van der Waals surface area contributed by atoms with E-state index >= 15 is 8.78 Å². The van der Waals surface area contributed by atoms with Crippen LogP contribution in [0.5, 0.6) is 5.88 Å². The number of ether oxygens (including phenoxy) is 1. The number of pyridine rings is 1. The molecule has 0 radical (unpaired) electrons. The number of nitrogens with one attached hydrogen (secondary N) is 3. The standard InChI is InChI=1S/C23H20F3N5O6S/c1-37-23-17(7-11(24)8-28-23)38(35,36)31-16-4-2-3-13(18(16)25)14-5-6-15-20(19(14)26)29-30-21(15)22(34)27-9-12(33)10-32/h2-8,12,31-33H,9-10H2,1H3,(H,27,34)(H,29,30)/t12-/m0/s1. The zero-order valence-corrected chi connectivity index (χ0v) is 20.3. The number of sulfonamides is 1. The van der Waals surface area contributed by atoms with Crippen molar-refractivity contribution >= 4 is 32.5 Å². The van der Waals surface area contributed by atoms with Gasteiger partial charge in [0.1, 0.15) is 17.0 Å². The van der Waals surface area contributed by atoms with Crippen molar-refractivity contribution < 1.29 is 41.3 Å². The molecule has 0 unspecified atom stereocenters. The van der Waals surface area contributed by atoms with E-state index in [2.05, 4.69) is 20.5 Å². The number of aliphatic hydroxyl groups is 2. The van der Waals surface area contributed by atoms with E-state index in [1.165, 1.54) is 24.3 Å². The van der Waals surface area contributed by atoms with Crippen LogP contribution in [0.15, 0.2) is 47.5 Å². The molecule has 1 amide bonds. The van der Waals surface area contributed by atoms with Crippen LogP contribution in [0.25, 0.3) is 22.0 Å². The lowest BCUT2D eigenvalue weighted by Gasteiger charge is -2.13. The fraction of sp³-hybridized carbons (Fsp3) is 0.174. The van der Waals surface area contributed by atoms with Gasteiger partial charge in [0.2, 0.25) is 5.88 Å². The minimum absolute atomic E-state index is 0.0604. The van der Waals surface area contributed by atoms with Gasteiger partial charge in [-0.25, -0.2) is 26.6 Å². The van der Waals surface area contributed by atoms with Crippen LogP contribution in [0, 0.1) is 17.5 Å². The molecule has 2 aromatic carbocycles. The van der Waals surface area contributed by atoms with E-state index in [1.54, 1.807) is 0 Å². The minimum Gasteiger partial charge on any atom is -0.480 e. The number of carbonyl (C=O) groups is 1. The highest BCUT2D eigenvalue weighted by molar-refractivity contribution is 7.92. The second kappa shape index (κ2) is 10.6. The van der Waals surface area contributed by atoms with E-state index in [-0.39, 0.29) is 34.3 Å². The molecule has 0 aliphatic heterocycles. The van der Waals surface area contributed by atoms with Crippen molar-refractivity contribution in [2.75, 3.05) is 25.0 Å². The van der Waals surface area contributed by atoms with E-state index in [1.807, 2.05) is 4.72 Å². The Hall–Kier alpha value is -4.21. The van der Waals surface area contributed by atoms with Gasteiger partial charge in [0, 0.05) is 29.1 Å². The summed E-state index contributed by atoms with van der Waals surface area (Å²) >= 11 is 0. The number of aromatic nitrogens is 3. The van der Waals surface area contributed by atoms with Crippen LogP contribution in [0.4, 0.5) is 18.9 Å². The summed E-state index contributed by atoms with van der Waals surface area (Å²) in [6.45, 7) is -0.836. The Morgan fingerprint density at radius 3 is 2.61 bits per heavy atom. The fourth-order valence-electron chi connectivity index (χ4n) is 3.56. The quantitative estimate of drug-likeness (QED) is 0.210. The van der Waals surface area contributed by atoms with Gasteiger partial charge in [-0.2, -0.15) is 5.10 Å². The number of hydrogen-bond acceptors (Lipinski definition) is 8. The van der Waals surface area contributed by atoms with E-state index in [0.29, 0.717) is 6.07 Å². The molecule has 0 spiro atoms. The molecule has 38 heavy (non-hydrogen) atoms. The monoisotopic (exact) mass is 551 g/mol. The predicted molar refractivity (Wildman–Crippen MR) is 128 cm³/mol. The number of hydrogen-bond donors (Lipinski definition) is 5. The first-order valence-corrected chi connectivity index (χ1v) is 12.3. The van der Waals surface area contributed by atoms with Crippen LogP contribution in [-0.2, 0) is 10.0 Å². The highest BCUT2D eigenvalue weighted by atomic mass is 32.2. The van der Waals surface area contributed by atoms with Crippen molar-refractivity contribution in [1.82, 2.24) is 20.5 Å². The van der Waals surface area contributed by atoms with Crippen molar-refractivity contribution in [3.05, 3.63) is 65.7 Å². The van der Waals surface area contributed by atoms with Crippen LogP contribution in [0.1, 0.15) is 10.5 Å². The molecular weight excluding hydrogens is 531 g/mol. The maximum atomic E-state index is 15.4. The van der Waals surface area contributed by atoms with Crippen molar-refractivity contribution in [3.8, 4) is 17.0 Å². The summed E-state index contributed by atoms with van der Waals surface area (Å²) in [5.41, 5.74) is -1.59. The minimum atomic E-state index is -4.57. The lowest BCUT2D eigenvalue weighted by molar-refractivity contribution is 0.0800. The third-order valence-corrected chi connectivity index (χ3v) is 6.76. The zero-order valence-electron chi connectivity index (χ0n) is 19.5. The first-order valence-electron chi connectivity index (χ1n) is 10.8. The topological polar surface area (TPSA) is 167 Å². The number of methoxy groups -OCH3 is 1. The Balaban J connectivity index is 1.69. The van der Waals surface area contributed by atoms with Crippen molar-refractivity contribution in [3.63, 3.8) is 0 Å². The van der Waals surface area contributed by atoms with Gasteiger partial charge < -0.3 is 20.3 Å². The molecule has 2 aromatic heterocycles. The summed E-state index contributed by atoms with van der Waals surface area (Å²) in [5.74, 6) is -4.24. The molecule has 0 aliphatic carbocycles. The summed E-state index contributed by atoms with van der Waals surface area (Å²) in [6.07, 6.45) is -0.442. The average molecular weight is 552 g/mol. The van der Waals surface area contributed by atoms with Gasteiger partial charge in [-0.15, -0.1) is 0 Å². The second-order valence-electron chi connectivity index (χ2n) is 7.90. The molecule has 15 heteroatoms. The second-order valence-corrected chi connectivity index (χ2v) is 9.55. The molecule has 0 saturated carbocycles. The Morgan fingerprint density at radius 2 is 1.89 bits per heavy atom. The highest BCUT2D eigenvalue weighted by Gasteiger charge is 2.25. The predicted octanol–water partition coefficient (Wildman–Crippen LogP) is 1.93. The lowest BCUT2D eigenvalue weighted by atomic mass is 10.0. The number of H-pyrrole nitrogens is 1. The number of aromatic amines is 1. The third kappa shape index (κ3) is 5.11. The van der Waals surface area contributed by atoms with E-state index in [0.717, 1.165) is 19.4 Å².